The second-order valence-corrected chi connectivity index (χ2v) is 16.7. The van der Waals surface area contributed by atoms with Gasteiger partial charge in [-0.1, -0.05) is 66.8 Å². The van der Waals surface area contributed by atoms with E-state index in [9.17, 15) is 36.2 Å². The fourth-order valence-electron chi connectivity index (χ4n) is 5.82. The van der Waals surface area contributed by atoms with Crippen LogP contribution in [0.1, 0.15) is 12.0 Å². The Labute approximate surface area is 402 Å². The minimum atomic E-state index is -5.88. The third-order valence-corrected chi connectivity index (χ3v) is 12.5. The minimum Gasteiger partial charge on any atom is -0.746 e. The van der Waals surface area contributed by atoms with E-state index in [0.717, 1.165) is 17.8 Å². The van der Waals surface area contributed by atoms with Crippen molar-refractivity contribution in [3.8, 4) is 0 Å². The predicted octanol–water partition coefficient (Wildman–Crippen LogP) is -2.72. The summed E-state index contributed by atoms with van der Waals surface area (Å²) in [6, 6.07) is 24.6. The van der Waals surface area contributed by atoms with Crippen LogP contribution < -0.4 is 90.2 Å². The molecule has 0 radical (unpaired) electrons. The molecule has 0 bridgehead atoms. The Balaban J connectivity index is 0.00000422. The summed E-state index contributed by atoms with van der Waals surface area (Å²) in [5.41, 5.74) is 1.59. The molecule has 1 aliphatic carbocycles. The Hall–Kier alpha value is -4.56. The number of allylic oxidation sites excluding steroid dienone is 4. The number of hydrogen-bond donors (Lipinski definition) is 6. The Kier molecular flexibility index (Phi) is 17.9. The van der Waals surface area contributed by atoms with Crippen molar-refractivity contribution in [1.29, 1.82) is 0 Å². The first kappa shape index (κ1) is 50.1. The van der Waals surface area contributed by atoms with Crippen molar-refractivity contribution < 1.29 is 95.3 Å². The number of nitrogens with one attached hydrogen (secondary N) is 4. The molecule has 6 N–H and O–H groups in total. The van der Waals surface area contributed by atoms with Crippen molar-refractivity contribution in [3.05, 3.63) is 120 Å². The van der Waals surface area contributed by atoms with Crippen molar-refractivity contribution >= 4 is 79.1 Å². The average Bonchev–Trinajstić information content (AvgIpc) is 3.21. The molecule has 2 aromatic heterocycles. The Morgan fingerprint density at radius 3 is 1.40 bits per heavy atom. The number of nitrogens with zero attached hydrogens (tertiary/aromatic N) is 8. The predicted molar refractivity (Wildman–Crippen MR) is 225 cm³/mol. The van der Waals surface area contributed by atoms with Crippen LogP contribution in [-0.4, -0.2) is 111 Å². The van der Waals surface area contributed by atoms with Gasteiger partial charge in [-0.05, 0) is 53.6 Å². The van der Waals surface area contributed by atoms with Crippen LogP contribution in [0.5, 0.6) is 0 Å². The van der Waals surface area contributed by atoms with Crippen LogP contribution in [-0.2, 0) is 20.2 Å². The summed E-state index contributed by atoms with van der Waals surface area (Å²) in [4.78, 5) is 29.5. The molecular formula is C38H40N12Na2O8S2. The zero-order chi connectivity index (χ0) is 42.9. The van der Waals surface area contributed by atoms with Crippen LogP contribution in [0.3, 0.4) is 0 Å². The fourth-order valence-corrected chi connectivity index (χ4v) is 8.33. The molecule has 314 valence electrons. The van der Waals surface area contributed by atoms with Crippen molar-refractivity contribution in [3.63, 3.8) is 0 Å². The summed E-state index contributed by atoms with van der Waals surface area (Å²) in [5.74, 6) is 0.657. The first-order valence-electron chi connectivity index (χ1n) is 18.1. The minimum absolute atomic E-state index is 0. The maximum absolute atomic E-state index is 12.9. The molecule has 0 atom stereocenters. The van der Waals surface area contributed by atoms with E-state index >= 15 is 0 Å². The van der Waals surface area contributed by atoms with Crippen molar-refractivity contribution in [2.75, 3.05) is 71.5 Å². The van der Waals surface area contributed by atoms with E-state index in [4.69, 9.17) is 0 Å². The number of rotatable bonds is 18. The molecule has 5 aromatic rings. The van der Waals surface area contributed by atoms with Gasteiger partial charge in [-0.15, -0.1) is 0 Å². The van der Waals surface area contributed by atoms with Gasteiger partial charge in [0.05, 0.1) is 13.2 Å². The third kappa shape index (κ3) is 12.5. The summed E-state index contributed by atoms with van der Waals surface area (Å²) in [5, 5.41) is 30.9. The van der Waals surface area contributed by atoms with E-state index in [0.29, 0.717) is 16.9 Å². The maximum Gasteiger partial charge on any atom is 1.00 e. The average molecular weight is 903 g/mol. The number of likely N-dealkylation sites (N-methyl/N-ethyl adjacent to an activating group) is 2. The SMILES string of the molecule is CN(CCO)c1nc(NC2=CC=C(C=Cc3ccc(Nc4nc(Nc5ccccc5)nc(N(C)CCO)n4)cc3)C(S(=O)(=O)[O-])(S(=O)(=O)[O-])C2)nc(Nc2ccccc2)n1.[Na+].[Na+]. The molecule has 0 saturated heterocycles. The second-order valence-electron chi connectivity index (χ2n) is 13.2. The largest absolute Gasteiger partial charge is 1.00 e. The molecule has 0 spiro atoms. The number of aromatic nitrogens is 6. The van der Waals surface area contributed by atoms with E-state index in [1.54, 1.807) is 67.5 Å². The van der Waals surface area contributed by atoms with Crippen molar-refractivity contribution in [2.24, 2.45) is 0 Å². The van der Waals surface area contributed by atoms with Crippen molar-refractivity contribution in [2.45, 2.75) is 10.5 Å². The van der Waals surface area contributed by atoms with E-state index in [1.165, 1.54) is 17.1 Å². The van der Waals surface area contributed by atoms with Crippen LogP contribution in [0.2, 0.25) is 0 Å². The Bertz CT molecular complexity index is 2580. The number of benzene rings is 3. The molecule has 2 heterocycles. The molecule has 24 heteroatoms. The van der Waals surface area contributed by atoms with Gasteiger partial charge in [0.15, 0.2) is 4.08 Å². The van der Waals surface area contributed by atoms with Gasteiger partial charge in [0.2, 0.25) is 35.7 Å². The molecule has 0 saturated carbocycles. The quantitative estimate of drug-likeness (QED) is 0.0385. The van der Waals surface area contributed by atoms with Gasteiger partial charge in [0.1, 0.15) is 20.2 Å². The van der Waals surface area contributed by atoms with Gasteiger partial charge in [-0.25, -0.2) is 16.8 Å². The molecule has 0 aliphatic heterocycles. The summed E-state index contributed by atoms with van der Waals surface area (Å²) in [6.45, 7) is 0.0403. The van der Waals surface area contributed by atoms with Gasteiger partial charge < -0.3 is 50.4 Å². The summed E-state index contributed by atoms with van der Waals surface area (Å²) in [6.07, 6.45) is 3.73. The van der Waals surface area contributed by atoms with Gasteiger partial charge >= 0.3 is 59.1 Å². The van der Waals surface area contributed by atoms with Crippen LogP contribution in [0.15, 0.2) is 114 Å². The van der Waals surface area contributed by atoms with Gasteiger partial charge in [0, 0.05) is 56.4 Å². The molecule has 20 nitrogen and oxygen atoms in total. The standard InChI is InChI=1S/C38H42N12O8S2.2Na/c1-49(21-23-51)36-45-32(39-28-9-5-3-6-10-28)43-34(47-36)41-30-18-14-26(15-19-30)13-16-27-17-20-31(25-38(27,59(53,54)55)60(56,57)58)42-35-44-33(40-29-11-7-4-8-12-29)46-37(48-35)50(2)22-24-52;;/h3-20,51-52H,21-25H2,1-2H3,(H,53,54,55)(H,56,57,58)(H2,39,41,43,45,47)(H2,40,42,44,46,48);;/q;2*+1/p-2. The van der Waals surface area contributed by atoms with Gasteiger partial charge in [0.25, 0.3) is 0 Å². The first-order valence-corrected chi connectivity index (χ1v) is 20.9. The smallest absolute Gasteiger partial charge is 0.746 e. The number of aliphatic hydroxyl groups excluding tert-OH is 2. The van der Waals surface area contributed by atoms with E-state index in [-0.39, 0.29) is 127 Å². The first-order chi connectivity index (χ1) is 28.7. The summed E-state index contributed by atoms with van der Waals surface area (Å²) in [7, 11) is -8.44. The van der Waals surface area contributed by atoms with Crippen LogP contribution in [0.25, 0.3) is 6.08 Å². The normalized spacial score (nSPS) is 13.5. The van der Waals surface area contributed by atoms with E-state index in [1.807, 2.05) is 36.4 Å². The molecule has 0 amide bonds. The molecule has 0 unspecified atom stereocenters. The maximum atomic E-state index is 12.9. The number of para-hydroxylation sites is 2. The molecule has 0 fully saturated rings. The van der Waals surface area contributed by atoms with E-state index < -0.39 is 36.3 Å². The van der Waals surface area contributed by atoms with Crippen LogP contribution in [0, 0.1) is 0 Å². The number of anilines is 9. The van der Waals surface area contributed by atoms with E-state index in [2.05, 4.69) is 51.2 Å². The molecule has 62 heavy (non-hydrogen) atoms. The topological polar surface area (TPSA) is 287 Å². The van der Waals surface area contributed by atoms with Gasteiger partial charge in [-0.3, -0.25) is 0 Å². The number of aliphatic hydroxyl groups is 2. The molecule has 6 rings (SSSR count). The number of hydrogen-bond acceptors (Lipinski definition) is 20. The second kappa shape index (κ2) is 22.2. The fraction of sp³-hybridized carbons (Fsp3) is 0.211. The van der Waals surface area contributed by atoms with Gasteiger partial charge in [-0.2, -0.15) is 29.9 Å². The zero-order valence-corrected chi connectivity index (χ0v) is 39.8. The monoisotopic (exact) mass is 902 g/mol. The molecule has 1 aliphatic rings. The van der Waals surface area contributed by atoms with Crippen LogP contribution in [0.4, 0.5) is 52.8 Å². The van der Waals surface area contributed by atoms with Crippen LogP contribution >= 0.6 is 0 Å². The summed E-state index contributed by atoms with van der Waals surface area (Å²) >= 11 is 0. The zero-order valence-electron chi connectivity index (χ0n) is 34.2. The van der Waals surface area contributed by atoms with Crippen molar-refractivity contribution in [1.82, 2.24) is 29.9 Å². The Morgan fingerprint density at radius 1 is 0.597 bits per heavy atom. The Morgan fingerprint density at radius 2 is 1.00 bits per heavy atom. The third-order valence-electron chi connectivity index (χ3n) is 8.89. The molecule has 3 aromatic carbocycles. The molecular weight excluding hydrogens is 863 g/mol. The summed E-state index contributed by atoms with van der Waals surface area (Å²) < 4.78 is 74.0.